The summed E-state index contributed by atoms with van der Waals surface area (Å²) < 4.78 is 28.9. The second-order valence-electron chi connectivity index (χ2n) is 8.64. The molecule has 0 bridgehead atoms. The maximum Gasteiger partial charge on any atom is 0.242 e. The Hall–Kier alpha value is -2.58. The number of nitrogens with one attached hydrogen (secondary N) is 1. The number of para-hydroxylation sites is 1. The molecule has 0 radical (unpaired) electrons. The Morgan fingerprint density at radius 2 is 1.50 bits per heavy atom. The van der Waals surface area contributed by atoms with Crippen molar-refractivity contribution in [3.63, 3.8) is 0 Å². The van der Waals surface area contributed by atoms with Crippen LogP contribution in [0.3, 0.4) is 0 Å². The van der Waals surface area contributed by atoms with Gasteiger partial charge in [0.1, 0.15) is 4.90 Å². The first-order chi connectivity index (χ1) is 16.3. The van der Waals surface area contributed by atoms with Gasteiger partial charge in [-0.15, -0.1) is 0 Å². The van der Waals surface area contributed by atoms with Crippen LogP contribution in [0.5, 0.6) is 0 Å². The summed E-state index contributed by atoms with van der Waals surface area (Å²) in [6, 6.07) is 25.2. The zero-order chi connectivity index (χ0) is 24.1. The van der Waals surface area contributed by atoms with E-state index >= 15 is 0 Å². The second-order valence-corrected chi connectivity index (χ2v) is 10.8. The van der Waals surface area contributed by atoms with Crippen LogP contribution in [0, 0.1) is 0 Å². The maximum absolute atomic E-state index is 13.0. The van der Waals surface area contributed by atoms with E-state index < -0.39 is 10.0 Å². The SMILES string of the molecule is CN(C)c1ccc([C@@H](CNS(=O)(=O)c2ccccc2Cl)N2CCN(c3ccccc3)CC2)cc1. The lowest BCUT2D eigenvalue weighted by Crippen LogP contribution is -2.49. The third kappa shape index (κ3) is 5.73. The fourth-order valence-electron chi connectivity index (χ4n) is 4.31. The van der Waals surface area contributed by atoms with Gasteiger partial charge in [-0.3, -0.25) is 4.90 Å². The van der Waals surface area contributed by atoms with Crippen molar-refractivity contribution in [3.05, 3.63) is 89.4 Å². The molecule has 0 amide bonds. The van der Waals surface area contributed by atoms with Gasteiger partial charge in [0.05, 0.1) is 5.02 Å². The number of piperazine rings is 1. The number of anilines is 2. The molecule has 0 unspecified atom stereocenters. The van der Waals surface area contributed by atoms with Crippen LogP contribution in [0.4, 0.5) is 11.4 Å². The molecule has 0 saturated carbocycles. The van der Waals surface area contributed by atoms with Crippen molar-refractivity contribution in [1.29, 1.82) is 0 Å². The predicted molar refractivity (Wildman–Crippen MR) is 140 cm³/mol. The molecule has 6 nitrogen and oxygen atoms in total. The van der Waals surface area contributed by atoms with Gasteiger partial charge in [-0.1, -0.05) is 54.1 Å². The van der Waals surface area contributed by atoms with Gasteiger partial charge in [-0.25, -0.2) is 13.1 Å². The van der Waals surface area contributed by atoms with E-state index in [1.54, 1.807) is 18.2 Å². The predicted octanol–water partition coefficient (Wildman–Crippen LogP) is 4.25. The Balaban J connectivity index is 1.53. The monoisotopic (exact) mass is 498 g/mol. The van der Waals surface area contributed by atoms with Crippen LogP contribution in [-0.4, -0.2) is 60.1 Å². The lowest BCUT2D eigenvalue weighted by atomic mass is 10.0. The normalized spacial score (nSPS) is 15.8. The Bertz CT molecular complexity index is 1180. The standard InChI is InChI=1S/C26H31ClN4O2S/c1-29(2)22-14-12-21(13-15-22)25(20-28-34(32,33)26-11-7-6-10-24(26)27)31-18-16-30(17-19-31)23-8-4-3-5-9-23/h3-15,25,28H,16-20H2,1-2H3/t25-/m1/s1. The molecule has 1 fully saturated rings. The minimum atomic E-state index is -3.74. The van der Waals surface area contributed by atoms with Gasteiger partial charge in [0, 0.05) is 64.2 Å². The average molecular weight is 499 g/mol. The van der Waals surface area contributed by atoms with Gasteiger partial charge in [-0.05, 0) is 42.0 Å². The summed E-state index contributed by atoms with van der Waals surface area (Å²) in [6.07, 6.45) is 0. The van der Waals surface area contributed by atoms with Gasteiger partial charge >= 0.3 is 0 Å². The van der Waals surface area contributed by atoms with Crippen molar-refractivity contribution in [2.45, 2.75) is 10.9 Å². The molecule has 1 saturated heterocycles. The van der Waals surface area contributed by atoms with E-state index in [1.807, 2.05) is 20.2 Å². The molecule has 0 aromatic heterocycles. The largest absolute Gasteiger partial charge is 0.378 e. The van der Waals surface area contributed by atoms with E-state index in [0.29, 0.717) is 0 Å². The minimum absolute atomic E-state index is 0.0913. The van der Waals surface area contributed by atoms with E-state index in [1.165, 1.54) is 11.8 Å². The zero-order valence-corrected chi connectivity index (χ0v) is 21.1. The van der Waals surface area contributed by atoms with Crippen molar-refractivity contribution in [1.82, 2.24) is 9.62 Å². The Labute approximate surface area is 207 Å². The smallest absolute Gasteiger partial charge is 0.242 e. The lowest BCUT2D eigenvalue weighted by Gasteiger charge is -2.40. The Morgan fingerprint density at radius 3 is 2.12 bits per heavy atom. The molecule has 34 heavy (non-hydrogen) atoms. The summed E-state index contributed by atoms with van der Waals surface area (Å²) in [4.78, 5) is 6.89. The van der Waals surface area contributed by atoms with E-state index in [4.69, 9.17) is 11.6 Å². The minimum Gasteiger partial charge on any atom is -0.378 e. The molecule has 8 heteroatoms. The molecule has 1 aliphatic rings. The van der Waals surface area contributed by atoms with Crippen molar-refractivity contribution >= 4 is 33.0 Å². The first-order valence-electron chi connectivity index (χ1n) is 11.4. The maximum atomic E-state index is 13.0. The highest BCUT2D eigenvalue weighted by Crippen LogP contribution is 2.27. The van der Waals surface area contributed by atoms with Crippen molar-refractivity contribution in [2.75, 3.05) is 56.6 Å². The van der Waals surface area contributed by atoms with Crippen LogP contribution >= 0.6 is 11.6 Å². The number of hydrogen-bond acceptors (Lipinski definition) is 5. The molecule has 180 valence electrons. The van der Waals surface area contributed by atoms with E-state index in [2.05, 4.69) is 68.0 Å². The van der Waals surface area contributed by atoms with Gasteiger partial charge in [0.25, 0.3) is 0 Å². The molecule has 0 aliphatic carbocycles. The zero-order valence-electron chi connectivity index (χ0n) is 19.6. The highest BCUT2D eigenvalue weighted by atomic mass is 35.5. The average Bonchev–Trinajstić information content (AvgIpc) is 2.85. The molecular formula is C26H31ClN4O2S. The third-order valence-corrected chi connectivity index (χ3v) is 8.19. The van der Waals surface area contributed by atoms with Gasteiger partial charge < -0.3 is 9.80 Å². The lowest BCUT2D eigenvalue weighted by molar-refractivity contribution is 0.187. The summed E-state index contributed by atoms with van der Waals surface area (Å²) in [5, 5.41) is 0.221. The number of sulfonamides is 1. The van der Waals surface area contributed by atoms with Crippen LogP contribution in [0.25, 0.3) is 0 Å². The van der Waals surface area contributed by atoms with E-state index in [9.17, 15) is 8.42 Å². The number of hydrogen-bond donors (Lipinski definition) is 1. The van der Waals surface area contributed by atoms with Gasteiger partial charge in [0.15, 0.2) is 0 Å². The molecule has 1 N–H and O–H groups in total. The molecule has 0 spiro atoms. The van der Waals surface area contributed by atoms with E-state index in [0.717, 1.165) is 37.4 Å². The number of nitrogens with zero attached hydrogens (tertiary/aromatic N) is 3. The quantitative estimate of drug-likeness (QED) is 0.503. The summed E-state index contributed by atoms with van der Waals surface area (Å²) in [7, 11) is 0.279. The second kappa shape index (κ2) is 10.8. The van der Waals surface area contributed by atoms with E-state index in [-0.39, 0.29) is 22.5 Å². The molecule has 1 heterocycles. The van der Waals surface area contributed by atoms with Crippen LogP contribution < -0.4 is 14.5 Å². The van der Waals surface area contributed by atoms with Crippen LogP contribution in [0.15, 0.2) is 83.8 Å². The van der Waals surface area contributed by atoms with Crippen molar-refractivity contribution < 1.29 is 8.42 Å². The third-order valence-electron chi connectivity index (χ3n) is 6.26. The number of halogens is 1. The molecule has 1 atom stereocenters. The highest BCUT2D eigenvalue weighted by molar-refractivity contribution is 7.89. The van der Waals surface area contributed by atoms with Crippen LogP contribution in [0.2, 0.25) is 5.02 Å². The van der Waals surface area contributed by atoms with Crippen molar-refractivity contribution in [3.8, 4) is 0 Å². The summed E-state index contributed by atoms with van der Waals surface area (Å²) in [6.45, 7) is 3.70. The molecule has 1 aliphatic heterocycles. The topological polar surface area (TPSA) is 55.9 Å². The van der Waals surface area contributed by atoms with Crippen LogP contribution in [0.1, 0.15) is 11.6 Å². The number of rotatable bonds is 8. The van der Waals surface area contributed by atoms with Crippen LogP contribution in [-0.2, 0) is 10.0 Å². The Kier molecular flexibility index (Phi) is 7.78. The molecule has 3 aromatic rings. The first-order valence-corrected chi connectivity index (χ1v) is 13.3. The molecular weight excluding hydrogens is 468 g/mol. The summed E-state index contributed by atoms with van der Waals surface area (Å²) in [5.41, 5.74) is 3.40. The summed E-state index contributed by atoms with van der Waals surface area (Å²) in [5.74, 6) is 0. The highest BCUT2D eigenvalue weighted by Gasteiger charge is 2.27. The summed E-state index contributed by atoms with van der Waals surface area (Å²) >= 11 is 6.17. The number of benzene rings is 3. The van der Waals surface area contributed by atoms with Gasteiger partial charge in [0.2, 0.25) is 10.0 Å². The fraction of sp³-hybridized carbons (Fsp3) is 0.308. The Morgan fingerprint density at radius 1 is 0.882 bits per heavy atom. The van der Waals surface area contributed by atoms with Crippen molar-refractivity contribution in [2.24, 2.45) is 0 Å². The first kappa shape index (κ1) is 24.5. The molecule has 4 rings (SSSR count). The van der Waals surface area contributed by atoms with Gasteiger partial charge in [-0.2, -0.15) is 0 Å². The molecule has 3 aromatic carbocycles. The fourth-order valence-corrected chi connectivity index (χ4v) is 5.87.